The van der Waals surface area contributed by atoms with Gasteiger partial charge in [0.15, 0.2) is 15.7 Å². The predicted molar refractivity (Wildman–Crippen MR) is 97.3 cm³/mol. The number of aryl methyl sites for hydroxylation is 2. The van der Waals surface area contributed by atoms with Crippen molar-refractivity contribution in [2.24, 2.45) is 0 Å². The van der Waals surface area contributed by atoms with Crippen LogP contribution in [0.15, 0.2) is 22.1 Å². The van der Waals surface area contributed by atoms with Crippen molar-refractivity contribution in [3.63, 3.8) is 0 Å². The van der Waals surface area contributed by atoms with Gasteiger partial charge in [0.05, 0.1) is 17.2 Å². The molecule has 0 radical (unpaired) electrons. The summed E-state index contributed by atoms with van der Waals surface area (Å²) in [5, 5.41) is 2.11. The van der Waals surface area contributed by atoms with E-state index in [1.807, 2.05) is 6.92 Å². The van der Waals surface area contributed by atoms with E-state index in [1.165, 1.54) is 10.4 Å². The minimum absolute atomic E-state index is 0.0380. The molecular formula is C17H23N3O3S2. The van der Waals surface area contributed by atoms with Crippen molar-refractivity contribution >= 4 is 21.2 Å². The van der Waals surface area contributed by atoms with Crippen LogP contribution < -0.4 is 0 Å². The molecule has 4 heterocycles. The summed E-state index contributed by atoms with van der Waals surface area (Å²) < 4.78 is 30.0. The van der Waals surface area contributed by atoms with Crippen molar-refractivity contribution in [1.82, 2.24) is 14.8 Å². The lowest BCUT2D eigenvalue weighted by Gasteiger charge is -2.43. The largest absolute Gasteiger partial charge is 0.449 e. The first-order valence-electron chi connectivity index (χ1n) is 8.54. The summed E-state index contributed by atoms with van der Waals surface area (Å²) in [7, 11) is -2.99. The van der Waals surface area contributed by atoms with E-state index in [9.17, 15) is 8.42 Å². The summed E-state index contributed by atoms with van der Waals surface area (Å²) >= 11 is 1.76. The van der Waals surface area contributed by atoms with Crippen LogP contribution in [-0.4, -0.2) is 59.9 Å². The summed E-state index contributed by atoms with van der Waals surface area (Å²) in [6.07, 6.45) is 1.68. The molecule has 2 aliphatic rings. The van der Waals surface area contributed by atoms with Gasteiger partial charge in [0, 0.05) is 50.1 Å². The predicted octanol–water partition coefficient (Wildman–Crippen LogP) is 1.84. The van der Waals surface area contributed by atoms with Crippen LogP contribution in [-0.2, 0) is 22.9 Å². The maximum atomic E-state index is 12.3. The van der Waals surface area contributed by atoms with Crippen LogP contribution >= 0.6 is 11.3 Å². The van der Waals surface area contributed by atoms with Gasteiger partial charge >= 0.3 is 0 Å². The quantitative estimate of drug-likeness (QED) is 0.805. The SMILES string of the molecule is Cc1nc(CN2CCN(Cc3sccc3C)[C@@H]3CS(=O)(=O)C[C@@H]32)co1. The number of oxazole rings is 1. The lowest BCUT2D eigenvalue weighted by atomic mass is 10.0. The topological polar surface area (TPSA) is 66.7 Å². The maximum Gasteiger partial charge on any atom is 0.191 e. The van der Waals surface area contributed by atoms with Crippen molar-refractivity contribution in [3.8, 4) is 0 Å². The van der Waals surface area contributed by atoms with Crippen LogP contribution in [0.25, 0.3) is 0 Å². The third kappa shape index (κ3) is 3.53. The minimum atomic E-state index is -2.99. The van der Waals surface area contributed by atoms with Gasteiger partial charge < -0.3 is 4.42 Å². The van der Waals surface area contributed by atoms with Crippen molar-refractivity contribution in [1.29, 1.82) is 0 Å². The molecule has 2 saturated heterocycles. The fourth-order valence-corrected chi connectivity index (χ4v) is 6.90. The Hall–Kier alpha value is -1.22. The van der Waals surface area contributed by atoms with E-state index in [2.05, 4.69) is 33.2 Å². The van der Waals surface area contributed by atoms with Gasteiger partial charge in [-0.2, -0.15) is 0 Å². The Morgan fingerprint density at radius 1 is 1.20 bits per heavy atom. The Labute approximate surface area is 152 Å². The lowest BCUT2D eigenvalue weighted by Crippen LogP contribution is -2.58. The molecule has 4 rings (SSSR count). The molecule has 0 aliphatic carbocycles. The molecule has 8 heteroatoms. The van der Waals surface area contributed by atoms with E-state index < -0.39 is 9.84 Å². The second-order valence-corrected chi connectivity index (χ2v) is 10.2. The number of fused-ring (bicyclic) bond motifs is 1. The Morgan fingerprint density at radius 2 is 1.88 bits per heavy atom. The van der Waals surface area contributed by atoms with Crippen LogP contribution in [0.3, 0.4) is 0 Å². The first kappa shape index (κ1) is 17.2. The second kappa shape index (κ2) is 6.50. The van der Waals surface area contributed by atoms with E-state index in [0.717, 1.165) is 25.3 Å². The van der Waals surface area contributed by atoms with Crippen molar-refractivity contribution in [2.45, 2.75) is 39.0 Å². The molecule has 0 amide bonds. The molecule has 0 unspecified atom stereocenters. The van der Waals surface area contributed by atoms with E-state index in [0.29, 0.717) is 12.4 Å². The molecular weight excluding hydrogens is 358 g/mol. The Bertz CT molecular complexity index is 858. The number of thiophene rings is 1. The third-order valence-corrected chi connectivity index (χ3v) is 7.96. The number of nitrogens with zero attached hydrogens (tertiary/aromatic N) is 3. The number of hydrogen-bond acceptors (Lipinski definition) is 7. The zero-order valence-electron chi connectivity index (χ0n) is 14.5. The number of sulfone groups is 1. The fourth-order valence-electron chi connectivity index (χ4n) is 3.93. The van der Waals surface area contributed by atoms with Gasteiger partial charge in [-0.1, -0.05) is 0 Å². The highest BCUT2D eigenvalue weighted by atomic mass is 32.2. The van der Waals surface area contributed by atoms with Gasteiger partial charge in [-0.05, 0) is 23.9 Å². The third-order valence-electron chi connectivity index (χ3n) is 5.25. The van der Waals surface area contributed by atoms with Gasteiger partial charge in [-0.3, -0.25) is 9.80 Å². The standard InChI is InChI=1S/C17H23N3O3S2/c1-12-3-6-24-17(12)8-20-5-4-19(7-14-9-23-13(2)18-14)15-10-25(21,22)11-16(15)20/h3,6,9,15-16H,4-5,7-8,10-11H2,1-2H3/t15-,16+/m0/s1. The molecule has 136 valence electrons. The van der Waals surface area contributed by atoms with Gasteiger partial charge in [0.1, 0.15) is 6.26 Å². The molecule has 2 atom stereocenters. The maximum absolute atomic E-state index is 12.3. The lowest BCUT2D eigenvalue weighted by molar-refractivity contribution is 0.0353. The molecule has 0 saturated carbocycles. The van der Waals surface area contributed by atoms with Crippen LogP contribution in [0.2, 0.25) is 0 Å². The van der Waals surface area contributed by atoms with E-state index >= 15 is 0 Å². The zero-order valence-corrected chi connectivity index (χ0v) is 16.1. The first-order chi connectivity index (χ1) is 11.9. The molecule has 0 bridgehead atoms. The van der Waals surface area contributed by atoms with E-state index in [4.69, 9.17) is 4.42 Å². The van der Waals surface area contributed by atoms with E-state index in [1.54, 1.807) is 17.6 Å². The van der Waals surface area contributed by atoms with E-state index in [-0.39, 0.29) is 23.6 Å². The monoisotopic (exact) mass is 381 g/mol. The average Bonchev–Trinajstić information content (AvgIpc) is 3.21. The second-order valence-electron chi connectivity index (χ2n) is 7.04. The zero-order chi connectivity index (χ0) is 17.6. The molecule has 25 heavy (non-hydrogen) atoms. The van der Waals surface area contributed by atoms with Crippen molar-refractivity contribution in [3.05, 3.63) is 39.7 Å². The summed E-state index contributed by atoms with van der Waals surface area (Å²) in [6.45, 7) is 7.18. The van der Waals surface area contributed by atoms with Gasteiger partial charge in [0.25, 0.3) is 0 Å². The van der Waals surface area contributed by atoms with Crippen LogP contribution in [0.1, 0.15) is 22.0 Å². The fraction of sp³-hybridized carbons (Fsp3) is 0.588. The minimum Gasteiger partial charge on any atom is -0.449 e. The Balaban J connectivity index is 1.54. The summed E-state index contributed by atoms with van der Waals surface area (Å²) in [5.74, 6) is 1.16. The van der Waals surface area contributed by atoms with Crippen LogP contribution in [0.4, 0.5) is 0 Å². The molecule has 0 spiro atoms. The number of hydrogen-bond donors (Lipinski definition) is 0. The molecule has 0 aromatic carbocycles. The first-order valence-corrected chi connectivity index (χ1v) is 11.2. The van der Waals surface area contributed by atoms with Gasteiger partial charge in [-0.25, -0.2) is 13.4 Å². The van der Waals surface area contributed by atoms with Gasteiger partial charge in [-0.15, -0.1) is 11.3 Å². The average molecular weight is 382 g/mol. The van der Waals surface area contributed by atoms with Crippen molar-refractivity contribution in [2.75, 3.05) is 24.6 Å². The van der Waals surface area contributed by atoms with Crippen LogP contribution in [0, 0.1) is 13.8 Å². The van der Waals surface area contributed by atoms with Crippen molar-refractivity contribution < 1.29 is 12.8 Å². The summed E-state index contributed by atoms with van der Waals surface area (Å²) in [4.78, 5) is 10.3. The molecule has 2 aromatic rings. The number of rotatable bonds is 4. The van der Waals surface area contributed by atoms with Gasteiger partial charge in [0.2, 0.25) is 0 Å². The Morgan fingerprint density at radius 3 is 2.44 bits per heavy atom. The highest BCUT2D eigenvalue weighted by molar-refractivity contribution is 7.91. The normalized spacial score (nSPS) is 26.8. The molecule has 2 aromatic heterocycles. The smallest absolute Gasteiger partial charge is 0.191 e. The molecule has 2 fully saturated rings. The molecule has 2 aliphatic heterocycles. The van der Waals surface area contributed by atoms with Crippen LogP contribution in [0.5, 0.6) is 0 Å². The highest BCUT2D eigenvalue weighted by Gasteiger charge is 2.46. The number of aromatic nitrogens is 1. The number of piperazine rings is 1. The summed E-state index contributed by atoms with van der Waals surface area (Å²) in [6, 6.07) is 2.23. The molecule has 6 nitrogen and oxygen atoms in total. The molecule has 0 N–H and O–H groups in total. The highest BCUT2D eigenvalue weighted by Crippen LogP contribution is 2.30. The Kier molecular flexibility index (Phi) is 4.47. The summed E-state index contributed by atoms with van der Waals surface area (Å²) in [5.41, 5.74) is 2.17.